The van der Waals surface area contributed by atoms with Crippen molar-refractivity contribution in [2.75, 3.05) is 0 Å². The molecule has 1 aliphatic carbocycles. The third-order valence-corrected chi connectivity index (χ3v) is 5.43. The molecule has 0 bridgehead atoms. The van der Waals surface area contributed by atoms with E-state index >= 15 is 0 Å². The zero-order valence-electron chi connectivity index (χ0n) is 15.0. The maximum atomic E-state index is 9.17. The molecule has 2 aliphatic heterocycles. The van der Waals surface area contributed by atoms with E-state index in [0.29, 0.717) is 12.3 Å². The smallest absolute Gasteiger partial charge is 0.145 e. The number of hydrogen-bond donors (Lipinski definition) is 2. The molecule has 5 rings (SSSR count). The molecular weight excluding hydrogens is 340 g/mol. The first kappa shape index (κ1) is 15.9. The van der Waals surface area contributed by atoms with Crippen molar-refractivity contribution in [2.45, 2.75) is 37.9 Å². The summed E-state index contributed by atoms with van der Waals surface area (Å²) in [7, 11) is 0. The molecule has 8 nitrogen and oxygen atoms in total. The molecule has 0 aromatic carbocycles. The summed E-state index contributed by atoms with van der Waals surface area (Å²) in [5.74, 6) is 1.39. The Morgan fingerprint density at radius 3 is 3.00 bits per heavy atom. The van der Waals surface area contributed by atoms with Crippen molar-refractivity contribution < 1.29 is 0 Å². The van der Waals surface area contributed by atoms with E-state index in [2.05, 4.69) is 44.6 Å². The number of rotatable bonds is 5. The molecular formula is C19H20N8. The fourth-order valence-corrected chi connectivity index (χ4v) is 3.80. The van der Waals surface area contributed by atoms with Gasteiger partial charge in [-0.1, -0.05) is 0 Å². The number of aromatic nitrogens is 4. The van der Waals surface area contributed by atoms with Crippen molar-refractivity contribution in [1.29, 1.82) is 5.26 Å². The number of nitrogens with one attached hydrogen (secondary N) is 2. The Hall–Kier alpha value is -3.34. The number of aromatic amines is 1. The van der Waals surface area contributed by atoms with Gasteiger partial charge in [-0.25, -0.2) is 4.99 Å². The monoisotopic (exact) mass is 360 g/mol. The lowest BCUT2D eigenvalue weighted by atomic mass is 10.0. The van der Waals surface area contributed by atoms with Crippen LogP contribution in [0.5, 0.6) is 0 Å². The second kappa shape index (κ2) is 5.84. The maximum absolute atomic E-state index is 9.17. The van der Waals surface area contributed by atoms with E-state index in [1.165, 1.54) is 12.8 Å². The maximum Gasteiger partial charge on any atom is 0.145 e. The Morgan fingerprint density at radius 1 is 1.37 bits per heavy atom. The van der Waals surface area contributed by atoms with E-state index < -0.39 is 5.66 Å². The van der Waals surface area contributed by atoms with Crippen molar-refractivity contribution in [1.82, 2.24) is 30.2 Å². The first-order valence-corrected chi connectivity index (χ1v) is 9.14. The molecule has 1 fully saturated rings. The lowest BCUT2D eigenvalue weighted by Gasteiger charge is -2.37. The molecule has 2 aromatic heterocycles. The summed E-state index contributed by atoms with van der Waals surface area (Å²) >= 11 is 0. The molecule has 2 N–H and O–H groups in total. The second-order valence-corrected chi connectivity index (χ2v) is 7.41. The molecule has 0 amide bonds. The van der Waals surface area contributed by atoms with Gasteiger partial charge in [-0.15, -0.1) is 0 Å². The van der Waals surface area contributed by atoms with Crippen molar-refractivity contribution in [3.05, 3.63) is 54.4 Å². The topological polar surface area (TPSA) is 97.9 Å². The van der Waals surface area contributed by atoms with Crippen LogP contribution in [0.3, 0.4) is 0 Å². The van der Waals surface area contributed by atoms with Gasteiger partial charge in [0, 0.05) is 30.4 Å². The second-order valence-electron chi connectivity index (χ2n) is 7.41. The third-order valence-electron chi connectivity index (χ3n) is 5.43. The Morgan fingerprint density at radius 2 is 2.26 bits per heavy atom. The molecule has 136 valence electrons. The Kier molecular flexibility index (Phi) is 3.44. The minimum absolute atomic E-state index is 0.149. The van der Waals surface area contributed by atoms with Crippen molar-refractivity contribution >= 4 is 11.5 Å². The van der Waals surface area contributed by atoms with E-state index in [9.17, 15) is 5.26 Å². The average molecular weight is 360 g/mol. The molecule has 0 saturated heterocycles. The molecule has 2 atom stereocenters. The van der Waals surface area contributed by atoms with Crippen LogP contribution in [-0.4, -0.2) is 36.4 Å². The number of hydrogen-bond acceptors (Lipinski definition) is 6. The summed E-state index contributed by atoms with van der Waals surface area (Å²) in [5, 5.41) is 24.0. The molecule has 8 heteroatoms. The number of amidine groups is 1. The van der Waals surface area contributed by atoms with Crippen molar-refractivity contribution in [3.63, 3.8) is 0 Å². The number of aliphatic imine (C=N–C) groups is 1. The van der Waals surface area contributed by atoms with E-state index in [0.717, 1.165) is 22.7 Å². The molecule has 2 aromatic rings. The van der Waals surface area contributed by atoms with Crippen LogP contribution < -0.4 is 5.32 Å². The minimum Gasteiger partial charge on any atom is -0.364 e. The zero-order chi connectivity index (χ0) is 18.4. The van der Waals surface area contributed by atoms with Gasteiger partial charge < -0.3 is 10.2 Å². The molecule has 1 saturated carbocycles. The lowest BCUT2D eigenvalue weighted by molar-refractivity contribution is 0.317. The predicted molar refractivity (Wildman–Crippen MR) is 99.8 cm³/mol. The summed E-state index contributed by atoms with van der Waals surface area (Å²) in [6, 6.07) is 2.45. The summed E-state index contributed by atoms with van der Waals surface area (Å²) < 4.78 is 1.94. The van der Waals surface area contributed by atoms with Crippen LogP contribution in [0.15, 0.2) is 48.3 Å². The fourth-order valence-electron chi connectivity index (χ4n) is 3.80. The predicted octanol–water partition coefficient (Wildman–Crippen LogP) is 2.36. The number of nitrogens with zero attached hydrogens (tertiary/aromatic N) is 6. The highest BCUT2D eigenvalue weighted by Gasteiger charge is 2.39. The molecule has 4 heterocycles. The molecule has 27 heavy (non-hydrogen) atoms. The highest BCUT2D eigenvalue weighted by atomic mass is 15.4. The van der Waals surface area contributed by atoms with Crippen molar-refractivity contribution in [3.8, 4) is 6.07 Å². The number of fused-ring (bicyclic) bond motifs is 1. The summed E-state index contributed by atoms with van der Waals surface area (Å²) in [4.78, 5) is 7.00. The van der Waals surface area contributed by atoms with Gasteiger partial charge in [0.2, 0.25) is 0 Å². The average Bonchev–Trinajstić information content (AvgIpc) is 3.06. The van der Waals surface area contributed by atoms with E-state index in [-0.39, 0.29) is 6.04 Å². The van der Waals surface area contributed by atoms with Crippen LogP contribution in [0.25, 0.3) is 5.70 Å². The van der Waals surface area contributed by atoms with Crippen molar-refractivity contribution in [2.24, 2.45) is 10.9 Å². The van der Waals surface area contributed by atoms with Gasteiger partial charge in [-0.2, -0.15) is 15.5 Å². The number of H-pyrrole nitrogens is 1. The highest BCUT2D eigenvalue weighted by molar-refractivity contribution is 6.04. The molecule has 3 aliphatic rings. The normalized spacial score (nSPS) is 24.7. The third kappa shape index (κ3) is 2.63. The van der Waals surface area contributed by atoms with Gasteiger partial charge in [-0.3, -0.25) is 9.78 Å². The zero-order valence-corrected chi connectivity index (χ0v) is 15.0. The first-order chi connectivity index (χ1) is 13.2. The summed E-state index contributed by atoms with van der Waals surface area (Å²) in [6.07, 6.45) is 16.3. The molecule has 0 radical (unpaired) electrons. The van der Waals surface area contributed by atoms with Crippen LogP contribution in [0.2, 0.25) is 0 Å². The van der Waals surface area contributed by atoms with Crippen LogP contribution in [0, 0.1) is 17.2 Å². The molecule has 2 unspecified atom stereocenters. The standard InChI is InChI=1S/C19H20N8/c1-19-8-16(14-9-22-23-10-14)25-18(26(19)7-6-21-19)15-11-24-27(12-15)17(4-5-20)13-2-3-13/h6-13,17,21H,2-4H2,1H3,(H,22,23). The Bertz CT molecular complexity index is 985. The van der Waals surface area contributed by atoms with E-state index in [1.807, 2.05) is 35.7 Å². The SMILES string of the molecule is CC12C=C(c3cn[nH]c3)N=C(c3cnn(C(CC#N)C4CC4)c3)N1C=CN2. The van der Waals surface area contributed by atoms with Gasteiger partial charge >= 0.3 is 0 Å². The molecule has 0 spiro atoms. The van der Waals surface area contributed by atoms with Crippen LogP contribution in [0.1, 0.15) is 43.4 Å². The van der Waals surface area contributed by atoms with Gasteiger partial charge in [0.1, 0.15) is 11.5 Å². The summed E-state index contributed by atoms with van der Waals surface area (Å²) in [6.45, 7) is 2.11. The summed E-state index contributed by atoms with van der Waals surface area (Å²) in [5.41, 5.74) is 2.34. The quantitative estimate of drug-likeness (QED) is 0.853. The fraction of sp³-hybridized carbons (Fsp3) is 0.368. The van der Waals surface area contributed by atoms with E-state index in [1.54, 1.807) is 6.20 Å². The van der Waals surface area contributed by atoms with Crippen LogP contribution in [0.4, 0.5) is 0 Å². The Labute approximate surface area is 156 Å². The highest BCUT2D eigenvalue weighted by Crippen LogP contribution is 2.41. The van der Waals surface area contributed by atoms with Crippen LogP contribution in [-0.2, 0) is 0 Å². The minimum atomic E-state index is -0.395. The van der Waals surface area contributed by atoms with Crippen LogP contribution >= 0.6 is 0 Å². The number of nitriles is 1. The largest absolute Gasteiger partial charge is 0.364 e. The van der Waals surface area contributed by atoms with E-state index in [4.69, 9.17) is 4.99 Å². The van der Waals surface area contributed by atoms with Gasteiger partial charge in [0.15, 0.2) is 0 Å². The first-order valence-electron chi connectivity index (χ1n) is 9.14. The van der Waals surface area contributed by atoms with Gasteiger partial charge in [-0.05, 0) is 31.8 Å². The Balaban J connectivity index is 1.54. The lowest BCUT2D eigenvalue weighted by Crippen LogP contribution is -2.51. The van der Waals surface area contributed by atoms with Gasteiger partial charge in [0.05, 0.1) is 42.2 Å². The van der Waals surface area contributed by atoms with Gasteiger partial charge in [0.25, 0.3) is 0 Å².